The Balaban J connectivity index is 2.86. The van der Waals surface area contributed by atoms with Gasteiger partial charge in [0.15, 0.2) is 0 Å². The molecule has 1 aromatic carbocycles. The smallest absolute Gasteiger partial charge is 0.133 e. The monoisotopic (exact) mass is 231 g/mol. The van der Waals surface area contributed by atoms with Crippen LogP contribution in [0.3, 0.4) is 0 Å². The molecule has 0 saturated carbocycles. The fraction of sp³-hybridized carbons (Fsp3) is 0.500. The predicted molar refractivity (Wildman–Crippen MR) is 57.3 cm³/mol. The summed E-state index contributed by atoms with van der Waals surface area (Å²) in [5, 5.41) is 0. The van der Waals surface area contributed by atoms with Crippen molar-refractivity contribution in [3.05, 3.63) is 35.1 Å². The van der Waals surface area contributed by atoms with Crippen LogP contribution in [0.2, 0.25) is 0 Å². The first-order valence-corrected chi connectivity index (χ1v) is 5.31. The van der Waals surface area contributed by atoms with Crippen LogP contribution in [0.1, 0.15) is 38.3 Å². The van der Waals surface area contributed by atoms with E-state index >= 15 is 0 Å². The Labute approximate surface area is 93.5 Å². The number of rotatable bonds is 4. The molecule has 0 heterocycles. The van der Waals surface area contributed by atoms with Crippen molar-refractivity contribution in [3.8, 4) is 0 Å². The third-order valence-electron chi connectivity index (χ3n) is 2.47. The fourth-order valence-corrected chi connectivity index (χ4v) is 1.56. The zero-order chi connectivity index (χ0) is 12.3. The van der Waals surface area contributed by atoms with Crippen LogP contribution in [0.5, 0.6) is 0 Å². The summed E-state index contributed by atoms with van der Waals surface area (Å²) in [6.07, 6.45) is 1.26. The van der Waals surface area contributed by atoms with Gasteiger partial charge in [-0.2, -0.15) is 0 Å². The van der Waals surface area contributed by atoms with E-state index < -0.39 is 23.5 Å². The van der Waals surface area contributed by atoms with Crippen molar-refractivity contribution in [2.45, 2.75) is 32.7 Å². The summed E-state index contributed by atoms with van der Waals surface area (Å²) in [5.41, 5.74) is 5.47. The summed E-state index contributed by atoms with van der Waals surface area (Å²) >= 11 is 0. The number of benzene rings is 1. The van der Waals surface area contributed by atoms with Crippen molar-refractivity contribution < 1.29 is 13.2 Å². The highest BCUT2D eigenvalue weighted by atomic mass is 19.1. The average Bonchev–Trinajstić information content (AvgIpc) is 2.12. The summed E-state index contributed by atoms with van der Waals surface area (Å²) in [6.45, 7) is 4.01. The number of hydrogen-bond acceptors (Lipinski definition) is 1. The lowest BCUT2D eigenvalue weighted by Crippen LogP contribution is -2.15. The van der Waals surface area contributed by atoms with E-state index in [0.717, 1.165) is 6.42 Å². The van der Waals surface area contributed by atoms with Gasteiger partial charge in [-0.3, -0.25) is 0 Å². The molecule has 0 fully saturated rings. The van der Waals surface area contributed by atoms with Crippen LogP contribution >= 0.6 is 0 Å². The lowest BCUT2D eigenvalue weighted by atomic mass is 9.97. The van der Waals surface area contributed by atoms with Gasteiger partial charge in [-0.1, -0.05) is 13.8 Å². The second-order valence-electron chi connectivity index (χ2n) is 4.36. The lowest BCUT2D eigenvalue weighted by molar-refractivity contribution is 0.460. The van der Waals surface area contributed by atoms with Crippen LogP contribution in [-0.2, 0) is 0 Å². The van der Waals surface area contributed by atoms with Crippen LogP contribution in [-0.4, -0.2) is 0 Å². The topological polar surface area (TPSA) is 26.0 Å². The second-order valence-corrected chi connectivity index (χ2v) is 4.36. The molecule has 2 N–H and O–H groups in total. The van der Waals surface area contributed by atoms with E-state index in [1.165, 1.54) is 0 Å². The normalized spacial score (nSPS) is 13.2. The van der Waals surface area contributed by atoms with Crippen molar-refractivity contribution in [1.82, 2.24) is 0 Å². The van der Waals surface area contributed by atoms with E-state index in [4.69, 9.17) is 5.73 Å². The number of hydrogen-bond donors (Lipinski definition) is 1. The quantitative estimate of drug-likeness (QED) is 0.842. The van der Waals surface area contributed by atoms with E-state index in [-0.39, 0.29) is 5.56 Å². The molecule has 0 bridgehead atoms. The molecule has 1 rings (SSSR count). The van der Waals surface area contributed by atoms with E-state index in [0.29, 0.717) is 24.5 Å². The minimum atomic E-state index is -0.921. The van der Waals surface area contributed by atoms with Gasteiger partial charge in [0.25, 0.3) is 0 Å². The van der Waals surface area contributed by atoms with Crippen molar-refractivity contribution in [3.63, 3.8) is 0 Å². The van der Waals surface area contributed by atoms with Gasteiger partial charge >= 0.3 is 0 Å². The largest absolute Gasteiger partial charge is 0.324 e. The Bertz CT molecular complexity index is 340. The van der Waals surface area contributed by atoms with Crippen LogP contribution < -0.4 is 5.73 Å². The zero-order valence-electron chi connectivity index (χ0n) is 9.43. The van der Waals surface area contributed by atoms with Crippen molar-refractivity contribution in [2.24, 2.45) is 11.7 Å². The first kappa shape index (κ1) is 13.0. The maximum absolute atomic E-state index is 13.3. The number of nitrogens with two attached hydrogens (primary N) is 1. The Morgan fingerprint density at radius 1 is 1.06 bits per heavy atom. The van der Waals surface area contributed by atoms with E-state index in [9.17, 15) is 13.2 Å². The fourth-order valence-electron chi connectivity index (χ4n) is 1.56. The summed E-state index contributed by atoms with van der Waals surface area (Å²) in [7, 11) is 0. The summed E-state index contributed by atoms with van der Waals surface area (Å²) in [6, 6.07) is 0.601. The molecule has 0 spiro atoms. The lowest BCUT2D eigenvalue weighted by Gasteiger charge is -2.15. The molecular formula is C12H16F3N. The van der Waals surface area contributed by atoms with Gasteiger partial charge in [-0.25, -0.2) is 13.2 Å². The van der Waals surface area contributed by atoms with Gasteiger partial charge in [0.05, 0.1) is 0 Å². The standard InChI is InChI=1S/C12H16F3N/c1-7(2)3-4-11(16)12-9(14)5-8(13)6-10(12)15/h5-7,11H,3-4,16H2,1-2H3/t11-/m1/s1. The molecule has 0 radical (unpaired) electrons. The Morgan fingerprint density at radius 3 is 2.00 bits per heavy atom. The average molecular weight is 231 g/mol. The first-order chi connectivity index (χ1) is 7.41. The molecule has 0 aromatic heterocycles. The molecular weight excluding hydrogens is 215 g/mol. The molecule has 16 heavy (non-hydrogen) atoms. The third kappa shape index (κ3) is 3.23. The SMILES string of the molecule is CC(C)CC[C@@H](N)c1c(F)cc(F)cc1F. The molecule has 0 amide bonds. The van der Waals surface area contributed by atoms with Gasteiger partial charge in [0.1, 0.15) is 17.5 Å². The summed E-state index contributed by atoms with van der Waals surface area (Å²) in [4.78, 5) is 0. The third-order valence-corrected chi connectivity index (χ3v) is 2.47. The molecule has 0 aliphatic rings. The predicted octanol–water partition coefficient (Wildman–Crippen LogP) is 3.54. The van der Waals surface area contributed by atoms with Gasteiger partial charge in [0.2, 0.25) is 0 Å². The molecule has 4 heteroatoms. The maximum Gasteiger partial charge on any atom is 0.133 e. The van der Waals surface area contributed by atoms with E-state index in [1.807, 2.05) is 13.8 Å². The highest BCUT2D eigenvalue weighted by Gasteiger charge is 2.18. The highest BCUT2D eigenvalue weighted by molar-refractivity contribution is 5.23. The van der Waals surface area contributed by atoms with Gasteiger partial charge < -0.3 is 5.73 Å². The molecule has 90 valence electrons. The first-order valence-electron chi connectivity index (χ1n) is 5.31. The van der Waals surface area contributed by atoms with Crippen molar-refractivity contribution >= 4 is 0 Å². The Morgan fingerprint density at radius 2 is 1.56 bits per heavy atom. The van der Waals surface area contributed by atoms with Crippen LogP contribution in [0.4, 0.5) is 13.2 Å². The van der Waals surface area contributed by atoms with Crippen LogP contribution in [0.25, 0.3) is 0 Å². The molecule has 0 aliphatic heterocycles. The van der Waals surface area contributed by atoms with E-state index in [1.54, 1.807) is 0 Å². The molecule has 0 aliphatic carbocycles. The Kier molecular flexibility index (Phi) is 4.35. The molecule has 0 saturated heterocycles. The zero-order valence-corrected chi connectivity index (χ0v) is 9.43. The van der Waals surface area contributed by atoms with E-state index in [2.05, 4.69) is 0 Å². The van der Waals surface area contributed by atoms with Crippen molar-refractivity contribution in [1.29, 1.82) is 0 Å². The molecule has 0 unspecified atom stereocenters. The second kappa shape index (κ2) is 5.34. The minimum absolute atomic E-state index is 0.220. The molecule has 1 aromatic rings. The van der Waals surface area contributed by atoms with Gasteiger partial charge in [0, 0.05) is 23.7 Å². The van der Waals surface area contributed by atoms with Crippen LogP contribution in [0, 0.1) is 23.4 Å². The van der Waals surface area contributed by atoms with Crippen molar-refractivity contribution in [2.75, 3.05) is 0 Å². The summed E-state index contributed by atoms with van der Waals surface area (Å²) < 4.78 is 39.3. The molecule has 1 nitrogen and oxygen atoms in total. The maximum atomic E-state index is 13.3. The van der Waals surface area contributed by atoms with Crippen LogP contribution in [0.15, 0.2) is 12.1 Å². The van der Waals surface area contributed by atoms with Gasteiger partial charge in [-0.05, 0) is 18.8 Å². The summed E-state index contributed by atoms with van der Waals surface area (Å²) in [5.74, 6) is -2.32. The van der Waals surface area contributed by atoms with Gasteiger partial charge in [-0.15, -0.1) is 0 Å². The highest BCUT2D eigenvalue weighted by Crippen LogP contribution is 2.24. The molecule has 1 atom stereocenters. The number of halogens is 3. The Hall–Kier alpha value is -1.03. The minimum Gasteiger partial charge on any atom is -0.324 e.